The van der Waals surface area contributed by atoms with Crippen LogP contribution in [0.15, 0.2) is 24.3 Å². The predicted octanol–water partition coefficient (Wildman–Crippen LogP) is 1.69. The van der Waals surface area contributed by atoms with Crippen LogP contribution < -0.4 is 0 Å². The predicted molar refractivity (Wildman–Crippen MR) is 67.0 cm³/mol. The van der Waals surface area contributed by atoms with E-state index in [0.29, 0.717) is 18.0 Å². The molecule has 4 nitrogen and oxygen atoms in total. The van der Waals surface area contributed by atoms with Crippen LogP contribution in [0.1, 0.15) is 18.4 Å². The van der Waals surface area contributed by atoms with E-state index in [1.54, 1.807) is 12.1 Å². The van der Waals surface area contributed by atoms with Crippen molar-refractivity contribution in [2.24, 2.45) is 5.92 Å². The number of rotatable bonds is 6. The van der Waals surface area contributed by atoms with Crippen molar-refractivity contribution >= 4 is 11.9 Å². The van der Waals surface area contributed by atoms with Gasteiger partial charge in [0.15, 0.2) is 0 Å². The van der Waals surface area contributed by atoms with Crippen molar-refractivity contribution in [1.29, 1.82) is 0 Å². The molecule has 0 aromatic heterocycles. The summed E-state index contributed by atoms with van der Waals surface area (Å²) in [7, 11) is 0. The fourth-order valence-corrected chi connectivity index (χ4v) is 1.92. The molecule has 0 bridgehead atoms. The third-order valence-electron chi connectivity index (χ3n) is 3.12. The lowest BCUT2D eigenvalue weighted by molar-refractivity contribution is -0.144. The summed E-state index contributed by atoms with van der Waals surface area (Å²) in [6.07, 6.45) is 2.22. The average Bonchev–Trinajstić information content (AvgIpc) is 3.14. The van der Waals surface area contributed by atoms with Gasteiger partial charge in [0.1, 0.15) is 12.4 Å². The zero-order valence-electron chi connectivity index (χ0n) is 10.5. The minimum absolute atomic E-state index is 0.111. The first-order chi connectivity index (χ1) is 9.04. The van der Waals surface area contributed by atoms with Crippen molar-refractivity contribution < 1.29 is 19.1 Å². The molecule has 0 radical (unpaired) electrons. The van der Waals surface area contributed by atoms with Crippen LogP contribution in [0.25, 0.3) is 0 Å². The van der Waals surface area contributed by atoms with Crippen molar-refractivity contribution in [1.82, 2.24) is 4.90 Å². The number of aliphatic carboxylic acids is 1. The van der Waals surface area contributed by atoms with Gasteiger partial charge in [0.25, 0.3) is 0 Å². The summed E-state index contributed by atoms with van der Waals surface area (Å²) in [5.74, 6) is -1.14. The summed E-state index contributed by atoms with van der Waals surface area (Å²) in [5, 5.41) is 8.83. The quantitative estimate of drug-likeness (QED) is 0.851. The van der Waals surface area contributed by atoms with Gasteiger partial charge in [-0.15, -0.1) is 0 Å². The zero-order chi connectivity index (χ0) is 13.8. The van der Waals surface area contributed by atoms with Gasteiger partial charge in [-0.2, -0.15) is 0 Å². The second kappa shape index (κ2) is 5.82. The minimum atomic E-state index is -1.01. The number of carbonyl (C=O) groups excluding carboxylic acids is 1. The fraction of sp³-hybridized carbons (Fsp3) is 0.429. The molecule has 102 valence electrons. The maximum atomic E-state index is 12.8. The van der Waals surface area contributed by atoms with E-state index in [1.165, 1.54) is 17.0 Å². The van der Waals surface area contributed by atoms with Crippen molar-refractivity contribution in [3.8, 4) is 0 Å². The molecule has 0 unspecified atom stereocenters. The van der Waals surface area contributed by atoms with E-state index < -0.39 is 5.97 Å². The Morgan fingerprint density at radius 2 is 1.89 bits per heavy atom. The molecule has 5 heteroatoms. The molecule has 1 aromatic carbocycles. The van der Waals surface area contributed by atoms with Gasteiger partial charge < -0.3 is 10.0 Å². The molecule has 1 aliphatic carbocycles. The molecule has 0 heterocycles. The summed E-state index contributed by atoms with van der Waals surface area (Å²) in [5.41, 5.74) is 0.692. The Hall–Kier alpha value is -1.91. The molecular formula is C14H16FNO3. The number of carboxylic acids is 1. The van der Waals surface area contributed by atoms with E-state index in [4.69, 9.17) is 5.11 Å². The maximum Gasteiger partial charge on any atom is 0.323 e. The average molecular weight is 265 g/mol. The third kappa shape index (κ3) is 4.35. The summed E-state index contributed by atoms with van der Waals surface area (Å²) >= 11 is 0. The van der Waals surface area contributed by atoms with E-state index in [-0.39, 0.29) is 24.7 Å². The molecule has 1 fully saturated rings. The fourth-order valence-electron chi connectivity index (χ4n) is 1.92. The van der Waals surface area contributed by atoms with Crippen molar-refractivity contribution in [3.05, 3.63) is 35.6 Å². The Morgan fingerprint density at radius 1 is 1.26 bits per heavy atom. The van der Waals surface area contributed by atoms with Crippen LogP contribution in [-0.2, 0) is 16.0 Å². The lowest BCUT2D eigenvalue weighted by Crippen LogP contribution is -2.38. The normalized spacial score (nSPS) is 14.2. The molecule has 1 saturated carbocycles. The van der Waals surface area contributed by atoms with Gasteiger partial charge >= 0.3 is 5.97 Å². The molecule has 0 atom stereocenters. The number of hydrogen-bond acceptors (Lipinski definition) is 2. The smallest absolute Gasteiger partial charge is 0.323 e. The van der Waals surface area contributed by atoms with E-state index >= 15 is 0 Å². The number of benzene rings is 1. The van der Waals surface area contributed by atoms with Crippen molar-refractivity contribution in [3.63, 3.8) is 0 Å². The third-order valence-corrected chi connectivity index (χ3v) is 3.12. The topological polar surface area (TPSA) is 57.6 Å². The monoisotopic (exact) mass is 265 g/mol. The largest absolute Gasteiger partial charge is 0.480 e. The minimum Gasteiger partial charge on any atom is -0.480 e. The summed E-state index contributed by atoms with van der Waals surface area (Å²) in [6.45, 7) is 0.239. The highest BCUT2D eigenvalue weighted by atomic mass is 19.1. The number of halogens is 1. The molecule has 1 aromatic rings. The Morgan fingerprint density at radius 3 is 2.42 bits per heavy atom. The highest BCUT2D eigenvalue weighted by molar-refractivity contribution is 5.83. The molecule has 0 aliphatic heterocycles. The number of carbonyl (C=O) groups is 2. The first-order valence-corrected chi connectivity index (χ1v) is 6.28. The van der Waals surface area contributed by atoms with Crippen LogP contribution in [-0.4, -0.2) is 35.0 Å². The summed E-state index contributed by atoms with van der Waals surface area (Å²) < 4.78 is 12.8. The Bertz CT molecular complexity index is 468. The summed E-state index contributed by atoms with van der Waals surface area (Å²) in [4.78, 5) is 24.2. The first kappa shape index (κ1) is 13.5. The molecule has 19 heavy (non-hydrogen) atoms. The van der Waals surface area contributed by atoms with Crippen LogP contribution in [0.5, 0.6) is 0 Å². The van der Waals surface area contributed by atoms with Gasteiger partial charge in [-0.1, -0.05) is 12.1 Å². The van der Waals surface area contributed by atoms with Crippen molar-refractivity contribution in [2.45, 2.75) is 19.3 Å². The number of carboxylic acid groups (broad SMARTS) is 1. The molecule has 1 aliphatic rings. The van der Waals surface area contributed by atoms with E-state index in [1.807, 2.05) is 0 Å². The van der Waals surface area contributed by atoms with Crippen LogP contribution in [0, 0.1) is 11.7 Å². The SMILES string of the molecule is O=C(O)CN(CC1CC1)C(=O)Cc1ccc(F)cc1. The van der Waals surface area contributed by atoms with Gasteiger partial charge in [-0.3, -0.25) is 9.59 Å². The van der Waals surface area contributed by atoms with Crippen LogP contribution in [0.4, 0.5) is 4.39 Å². The highest BCUT2D eigenvalue weighted by Crippen LogP contribution is 2.29. The summed E-state index contributed by atoms with van der Waals surface area (Å²) in [6, 6.07) is 5.68. The molecule has 0 saturated heterocycles. The van der Waals surface area contributed by atoms with Gasteiger partial charge in [-0.25, -0.2) is 4.39 Å². The van der Waals surface area contributed by atoms with Crippen molar-refractivity contribution in [2.75, 3.05) is 13.1 Å². The standard InChI is InChI=1S/C14H16FNO3/c15-12-5-3-10(4-6-12)7-13(17)16(9-14(18)19)8-11-1-2-11/h3-6,11H,1-2,7-9H2,(H,18,19). The second-order valence-electron chi connectivity index (χ2n) is 4.91. The molecule has 1 N–H and O–H groups in total. The highest BCUT2D eigenvalue weighted by Gasteiger charge is 2.27. The van der Waals surface area contributed by atoms with Gasteiger partial charge in [0.05, 0.1) is 6.42 Å². The Labute approximate surface area is 110 Å². The van der Waals surface area contributed by atoms with E-state index in [2.05, 4.69) is 0 Å². The molecule has 1 amide bonds. The Kier molecular flexibility index (Phi) is 4.14. The number of hydrogen-bond donors (Lipinski definition) is 1. The first-order valence-electron chi connectivity index (χ1n) is 6.28. The molecule has 0 spiro atoms. The maximum absolute atomic E-state index is 12.8. The van der Waals surface area contributed by atoms with E-state index in [0.717, 1.165) is 12.8 Å². The van der Waals surface area contributed by atoms with Crippen LogP contribution >= 0.6 is 0 Å². The number of nitrogens with zero attached hydrogens (tertiary/aromatic N) is 1. The molecule has 2 rings (SSSR count). The number of amides is 1. The lowest BCUT2D eigenvalue weighted by Gasteiger charge is -2.20. The van der Waals surface area contributed by atoms with Gasteiger partial charge in [-0.05, 0) is 36.5 Å². The van der Waals surface area contributed by atoms with Gasteiger partial charge in [0.2, 0.25) is 5.91 Å². The van der Waals surface area contributed by atoms with Crippen LogP contribution in [0.2, 0.25) is 0 Å². The second-order valence-corrected chi connectivity index (χ2v) is 4.91. The zero-order valence-corrected chi connectivity index (χ0v) is 10.5. The van der Waals surface area contributed by atoms with Gasteiger partial charge in [0, 0.05) is 6.54 Å². The Balaban J connectivity index is 1.97. The molecular weight excluding hydrogens is 249 g/mol. The van der Waals surface area contributed by atoms with E-state index in [9.17, 15) is 14.0 Å². The lowest BCUT2D eigenvalue weighted by atomic mass is 10.1. The van der Waals surface area contributed by atoms with Crippen LogP contribution in [0.3, 0.4) is 0 Å².